The van der Waals surface area contributed by atoms with Crippen LogP contribution in [-0.2, 0) is 29.8 Å². The first kappa shape index (κ1) is 31.1. The molecule has 9 nitrogen and oxygen atoms in total. The second-order valence-electron chi connectivity index (χ2n) is 12.5. The predicted octanol–water partition coefficient (Wildman–Crippen LogP) is 7.71. The molecule has 0 N–H and O–H groups in total. The van der Waals surface area contributed by atoms with Crippen LogP contribution in [0.1, 0.15) is 54.9 Å². The Morgan fingerprint density at radius 1 is 1.00 bits per heavy atom. The van der Waals surface area contributed by atoms with Crippen molar-refractivity contribution >= 4 is 22.6 Å². The minimum Gasteiger partial charge on any atom is -0.444 e. The van der Waals surface area contributed by atoms with Crippen LogP contribution >= 0.6 is 11.6 Å². The lowest BCUT2D eigenvalue weighted by Crippen LogP contribution is -2.35. The summed E-state index contributed by atoms with van der Waals surface area (Å²) in [5.74, 6) is -0.763. The Bertz CT molecular complexity index is 2000. The molecule has 14 heteroatoms. The van der Waals surface area contributed by atoms with Crippen molar-refractivity contribution in [1.29, 1.82) is 0 Å². The molecular weight excluding hydrogens is 654 g/mol. The zero-order valence-corrected chi connectivity index (χ0v) is 26.5. The first-order valence-electron chi connectivity index (χ1n) is 15.7. The van der Waals surface area contributed by atoms with E-state index in [2.05, 4.69) is 30.2 Å². The van der Waals surface area contributed by atoms with E-state index in [0.717, 1.165) is 55.9 Å². The molecule has 3 aromatic carbocycles. The van der Waals surface area contributed by atoms with Crippen molar-refractivity contribution in [1.82, 2.24) is 24.6 Å². The quantitative estimate of drug-likeness (QED) is 0.161. The molecule has 250 valence electrons. The van der Waals surface area contributed by atoms with Crippen molar-refractivity contribution < 1.29 is 36.3 Å². The number of alkyl halides is 3. The summed E-state index contributed by atoms with van der Waals surface area (Å²) in [6.07, 6.45) is -1.94. The molecule has 2 aromatic heterocycles. The number of likely N-dealkylation sites (tertiary alicyclic amines) is 1. The highest BCUT2D eigenvalue weighted by atomic mass is 35.5. The lowest BCUT2D eigenvalue weighted by molar-refractivity contribution is -0.159. The summed E-state index contributed by atoms with van der Waals surface area (Å²) in [6.45, 7) is 5.35. The third-order valence-electron chi connectivity index (χ3n) is 9.36. The third-order valence-corrected chi connectivity index (χ3v) is 9.67. The highest BCUT2D eigenvalue weighted by molar-refractivity contribution is 6.31. The Hall–Kier alpha value is -4.20. The summed E-state index contributed by atoms with van der Waals surface area (Å²) in [7, 11) is 0. The van der Waals surface area contributed by atoms with Crippen LogP contribution in [0.3, 0.4) is 0 Å². The van der Waals surface area contributed by atoms with Gasteiger partial charge in [-0.1, -0.05) is 28.9 Å². The SMILES string of the molecule is CC1(c2ccc(F)cc2Cl)Oc2cccc(C3CCN(Cc4nc5cc(-c6noc(C(F)(F)F)n6)ccc5n4CC4CCO4)CC3)c2O1. The van der Waals surface area contributed by atoms with Gasteiger partial charge in [0.05, 0.1) is 40.8 Å². The number of rotatable bonds is 7. The van der Waals surface area contributed by atoms with Crippen LogP contribution in [0.2, 0.25) is 5.02 Å². The second-order valence-corrected chi connectivity index (χ2v) is 13.0. The molecule has 2 atom stereocenters. The average molecular weight is 684 g/mol. The summed E-state index contributed by atoms with van der Waals surface area (Å²) in [5.41, 5.74) is 3.49. The van der Waals surface area contributed by atoms with Crippen LogP contribution in [0.15, 0.2) is 59.1 Å². The van der Waals surface area contributed by atoms with E-state index in [4.69, 9.17) is 30.8 Å². The van der Waals surface area contributed by atoms with Gasteiger partial charge < -0.3 is 23.3 Å². The van der Waals surface area contributed by atoms with Crippen molar-refractivity contribution in [3.63, 3.8) is 0 Å². The number of piperidine rings is 1. The first-order chi connectivity index (χ1) is 23.0. The van der Waals surface area contributed by atoms with E-state index >= 15 is 0 Å². The minimum atomic E-state index is -4.72. The Balaban J connectivity index is 0.998. The molecule has 3 aliphatic heterocycles. The smallest absolute Gasteiger partial charge is 0.444 e. The van der Waals surface area contributed by atoms with Crippen molar-refractivity contribution in [2.75, 3.05) is 19.7 Å². The van der Waals surface area contributed by atoms with Crippen molar-refractivity contribution in [2.45, 2.75) is 63.3 Å². The fourth-order valence-electron chi connectivity index (χ4n) is 6.77. The average Bonchev–Trinajstić information content (AvgIpc) is 3.74. The van der Waals surface area contributed by atoms with Gasteiger partial charge in [0.25, 0.3) is 5.79 Å². The maximum absolute atomic E-state index is 13.7. The van der Waals surface area contributed by atoms with E-state index in [-0.39, 0.29) is 22.9 Å². The Morgan fingerprint density at radius 2 is 1.81 bits per heavy atom. The monoisotopic (exact) mass is 683 g/mol. The number of hydrogen-bond donors (Lipinski definition) is 0. The highest BCUT2D eigenvalue weighted by Gasteiger charge is 2.43. The van der Waals surface area contributed by atoms with Crippen LogP contribution in [0, 0.1) is 5.82 Å². The number of para-hydroxylation sites is 1. The van der Waals surface area contributed by atoms with Crippen LogP contribution in [0.4, 0.5) is 17.6 Å². The predicted molar refractivity (Wildman–Crippen MR) is 166 cm³/mol. The minimum absolute atomic E-state index is 0.0796. The van der Waals surface area contributed by atoms with Gasteiger partial charge in [0.15, 0.2) is 11.5 Å². The van der Waals surface area contributed by atoms with E-state index in [1.807, 2.05) is 18.2 Å². The Labute approximate surface area is 277 Å². The number of halogens is 5. The lowest BCUT2D eigenvalue weighted by Gasteiger charge is -2.33. The molecule has 0 bridgehead atoms. The van der Waals surface area contributed by atoms with Crippen LogP contribution < -0.4 is 9.47 Å². The molecule has 0 saturated carbocycles. The molecule has 3 aliphatic rings. The van der Waals surface area contributed by atoms with Crippen LogP contribution in [-0.4, -0.2) is 50.4 Å². The van der Waals surface area contributed by atoms with E-state index in [1.165, 1.54) is 12.1 Å². The third kappa shape index (κ3) is 5.67. The van der Waals surface area contributed by atoms with E-state index in [9.17, 15) is 17.6 Å². The van der Waals surface area contributed by atoms with E-state index in [1.54, 1.807) is 25.1 Å². The van der Waals surface area contributed by atoms with Gasteiger partial charge in [-0.05, 0) is 80.7 Å². The largest absolute Gasteiger partial charge is 0.471 e. The van der Waals surface area contributed by atoms with Gasteiger partial charge in [-0.2, -0.15) is 18.2 Å². The van der Waals surface area contributed by atoms with Gasteiger partial charge in [0.2, 0.25) is 5.82 Å². The second kappa shape index (κ2) is 11.7. The molecule has 2 saturated heterocycles. The van der Waals surface area contributed by atoms with Crippen molar-refractivity contribution in [3.05, 3.63) is 88.3 Å². The molecule has 8 rings (SSSR count). The standard InChI is InChI=1S/C34H30ClF4N5O4/c1-33(24-7-6-21(36)16-25(24)35)46-28-4-2-3-23(30(28)47-33)19-9-12-43(13-10-19)18-29-40-26-15-20(31-41-32(48-42-31)34(37,38)39)5-8-27(26)44(29)17-22-11-14-45-22/h2-8,15-16,19,22H,9-14,17-18H2,1H3. The number of nitrogens with zero attached hydrogens (tertiary/aromatic N) is 5. The molecule has 5 heterocycles. The van der Waals surface area contributed by atoms with Crippen LogP contribution in [0.5, 0.6) is 11.5 Å². The first-order valence-corrected chi connectivity index (χ1v) is 16.1. The highest BCUT2D eigenvalue weighted by Crippen LogP contribution is 2.50. The molecule has 2 fully saturated rings. The number of aromatic nitrogens is 4. The molecular formula is C34H30ClF4N5O4. The summed E-state index contributed by atoms with van der Waals surface area (Å²) in [6, 6.07) is 15.3. The van der Waals surface area contributed by atoms with E-state index < -0.39 is 23.7 Å². The fraction of sp³-hybridized carbons (Fsp3) is 0.382. The number of hydrogen-bond acceptors (Lipinski definition) is 8. The molecule has 48 heavy (non-hydrogen) atoms. The van der Waals surface area contributed by atoms with Gasteiger partial charge in [-0.3, -0.25) is 4.90 Å². The number of fused-ring (bicyclic) bond motifs is 2. The topological polar surface area (TPSA) is 87.7 Å². The van der Waals surface area contributed by atoms with Crippen molar-refractivity contribution in [2.24, 2.45) is 0 Å². The van der Waals surface area contributed by atoms with Gasteiger partial charge in [-0.25, -0.2) is 9.37 Å². The van der Waals surface area contributed by atoms with Gasteiger partial charge >= 0.3 is 12.1 Å². The molecule has 5 aromatic rings. The maximum Gasteiger partial charge on any atom is 0.471 e. The Kier molecular flexibility index (Phi) is 7.61. The van der Waals surface area contributed by atoms with E-state index in [0.29, 0.717) is 41.2 Å². The number of benzene rings is 3. The summed E-state index contributed by atoms with van der Waals surface area (Å²) in [5, 5.41) is 3.77. The van der Waals surface area contributed by atoms with Gasteiger partial charge in [-0.15, -0.1) is 0 Å². The molecule has 0 spiro atoms. The number of imidazole rings is 1. The zero-order valence-electron chi connectivity index (χ0n) is 25.8. The number of ether oxygens (including phenoxy) is 3. The summed E-state index contributed by atoms with van der Waals surface area (Å²) < 4.78 is 77.9. The maximum atomic E-state index is 13.7. The zero-order chi connectivity index (χ0) is 33.2. The summed E-state index contributed by atoms with van der Waals surface area (Å²) in [4.78, 5) is 10.8. The fourth-order valence-corrected chi connectivity index (χ4v) is 7.11. The summed E-state index contributed by atoms with van der Waals surface area (Å²) >= 11 is 6.37. The van der Waals surface area contributed by atoms with Gasteiger partial charge in [0.1, 0.15) is 11.6 Å². The lowest BCUT2D eigenvalue weighted by atomic mass is 9.88. The normalized spacial score (nSPS) is 21.6. The van der Waals surface area contributed by atoms with Crippen molar-refractivity contribution in [3.8, 4) is 22.9 Å². The van der Waals surface area contributed by atoms with Gasteiger partial charge in [0, 0.05) is 24.7 Å². The molecule has 0 amide bonds. The molecule has 0 aliphatic carbocycles. The molecule has 2 unspecified atom stereocenters. The Morgan fingerprint density at radius 3 is 2.52 bits per heavy atom. The van der Waals surface area contributed by atoms with Crippen LogP contribution in [0.25, 0.3) is 22.4 Å². The molecule has 0 radical (unpaired) electrons.